The molecule has 2 aromatic rings. The Hall–Kier alpha value is -1.97. The molecular weight excluding hydrogens is 212 g/mol. The van der Waals surface area contributed by atoms with Crippen molar-refractivity contribution in [1.82, 2.24) is 9.78 Å². The molecule has 0 saturated carbocycles. The molecule has 0 saturated heterocycles. The first-order chi connectivity index (χ1) is 8.33. The fourth-order valence-electron chi connectivity index (χ4n) is 2.29. The molecule has 1 atom stereocenters. The molecule has 0 fully saturated rings. The Bertz CT molecular complexity index is 518. The lowest BCUT2D eigenvalue weighted by molar-refractivity contribution is 0.767. The van der Waals surface area contributed by atoms with Crippen molar-refractivity contribution in [2.24, 2.45) is 7.05 Å². The summed E-state index contributed by atoms with van der Waals surface area (Å²) < 4.78 is 1.81. The average molecular weight is 228 g/mol. The molecule has 2 heterocycles. The zero-order chi connectivity index (χ0) is 11.7. The zero-order valence-corrected chi connectivity index (χ0v) is 9.85. The molecule has 4 nitrogen and oxygen atoms in total. The Morgan fingerprint density at radius 2 is 2.35 bits per heavy atom. The first-order valence-corrected chi connectivity index (χ1v) is 5.88. The highest BCUT2D eigenvalue weighted by atomic mass is 15.3. The number of anilines is 2. The molecule has 0 amide bonds. The van der Waals surface area contributed by atoms with E-state index in [0.717, 1.165) is 18.8 Å². The Kier molecular flexibility index (Phi) is 2.48. The maximum Gasteiger partial charge on any atom is 0.0726 e. The molecule has 4 heteroatoms. The predicted molar refractivity (Wildman–Crippen MR) is 69.4 cm³/mol. The highest BCUT2D eigenvalue weighted by Gasteiger charge is 2.20. The summed E-state index contributed by atoms with van der Waals surface area (Å²) in [5.74, 6) is 0.534. The molecular formula is C13H16N4. The Labute approximate surface area is 101 Å². The molecule has 17 heavy (non-hydrogen) atoms. The molecule has 1 aliphatic rings. The van der Waals surface area contributed by atoms with Gasteiger partial charge in [0.1, 0.15) is 0 Å². The van der Waals surface area contributed by atoms with Gasteiger partial charge in [0.25, 0.3) is 0 Å². The van der Waals surface area contributed by atoms with Gasteiger partial charge in [0.2, 0.25) is 0 Å². The SMILES string of the molecule is Cn1cc(NCC2CNc3ccccc32)cn1. The summed E-state index contributed by atoms with van der Waals surface area (Å²) in [5, 5.41) is 11.0. The number of nitrogens with one attached hydrogen (secondary N) is 2. The van der Waals surface area contributed by atoms with E-state index in [-0.39, 0.29) is 0 Å². The number of hydrogen-bond acceptors (Lipinski definition) is 3. The number of fused-ring (bicyclic) bond motifs is 1. The minimum absolute atomic E-state index is 0.534. The van der Waals surface area contributed by atoms with Gasteiger partial charge in [0.15, 0.2) is 0 Å². The smallest absolute Gasteiger partial charge is 0.0726 e. The van der Waals surface area contributed by atoms with Gasteiger partial charge in [0.05, 0.1) is 11.9 Å². The zero-order valence-electron chi connectivity index (χ0n) is 9.85. The summed E-state index contributed by atoms with van der Waals surface area (Å²) in [5.41, 5.74) is 3.76. The molecule has 2 N–H and O–H groups in total. The monoisotopic (exact) mass is 228 g/mol. The fraction of sp³-hybridized carbons (Fsp3) is 0.308. The van der Waals surface area contributed by atoms with Crippen LogP contribution in [-0.2, 0) is 7.05 Å². The van der Waals surface area contributed by atoms with Crippen molar-refractivity contribution in [3.05, 3.63) is 42.2 Å². The molecule has 1 aromatic heterocycles. The normalized spacial score (nSPS) is 17.6. The van der Waals surface area contributed by atoms with E-state index < -0.39 is 0 Å². The van der Waals surface area contributed by atoms with Gasteiger partial charge in [-0.2, -0.15) is 5.10 Å². The predicted octanol–water partition coefficient (Wildman–Crippen LogP) is 2.04. The van der Waals surface area contributed by atoms with Crippen molar-refractivity contribution >= 4 is 11.4 Å². The van der Waals surface area contributed by atoms with Crippen LogP contribution in [0.2, 0.25) is 0 Å². The first-order valence-electron chi connectivity index (χ1n) is 5.88. The van der Waals surface area contributed by atoms with Crippen LogP contribution < -0.4 is 10.6 Å². The Morgan fingerprint density at radius 1 is 1.47 bits per heavy atom. The summed E-state index contributed by atoms with van der Waals surface area (Å²) in [4.78, 5) is 0. The molecule has 0 radical (unpaired) electrons. The molecule has 1 aliphatic heterocycles. The van der Waals surface area contributed by atoms with E-state index in [0.29, 0.717) is 5.92 Å². The van der Waals surface area contributed by atoms with E-state index in [2.05, 4.69) is 40.0 Å². The second-order valence-electron chi connectivity index (χ2n) is 4.45. The van der Waals surface area contributed by atoms with Gasteiger partial charge in [0, 0.05) is 37.9 Å². The lowest BCUT2D eigenvalue weighted by atomic mass is 10.0. The van der Waals surface area contributed by atoms with Crippen LogP contribution in [0.1, 0.15) is 11.5 Å². The van der Waals surface area contributed by atoms with Crippen molar-refractivity contribution < 1.29 is 0 Å². The summed E-state index contributed by atoms with van der Waals surface area (Å²) in [6.07, 6.45) is 3.85. The maximum absolute atomic E-state index is 4.14. The van der Waals surface area contributed by atoms with Gasteiger partial charge in [-0.1, -0.05) is 18.2 Å². The molecule has 88 valence electrons. The number of hydrogen-bond donors (Lipinski definition) is 2. The van der Waals surface area contributed by atoms with E-state index in [1.54, 1.807) is 0 Å². The lowest BCUT2D eigenvalue weighted by Gasteiger charge is -2.11. The summed E-state index contributed by atoms with van der Waals surface area (Å²) >= 11 is 0. The average Bonchev–Trinajstić information content (AvgIpc) is 2.93. The second-order valence-corrected chi connectivity index (χ2v) is 4.45. The Morgan fingerprint density at radius 3 is 3.18 bits per heavy atom. The standard InChI is InChI=1S/C13H16N4/c1-17-9-11(8-16-17)14-6-10-7-15-13-5-3-2-4-12(10)13/h2-5,8-10,14-15H,6-7H2,1H3. The third-order valence-electron chi connectivity index (χ3n) is 3.20. The summed E-state index contributed by atoms with van der Waals surface area (Å²) in [6.45, 7) is 1.95. The van der Waals surface area contributed by atoms with Crippen LogP contribution >= 0.6 is 0 Å². The first kappa shape index (κ1) is 10.2. The van der Waals surface area contributed by atoms with E-state index in [4.69, 9.17) is 0 Å². The minimum atomic E-state index is 0.534. The van der Waals surface area contributed by atoms with Crippen LogP contribution in [0.5, 0.6) is 0 Å². The van der Waals surface area contributed by atoms with Gasteiger partial charge < -0.3 is 10.6 Å². The quantitative estimate of drug-likeness (QED) is 0.844. The van der Waals surface area contributed by atoms with Crippen molar-refractivity contribution in [2.75, 3.05) is 23.7 Å². The van der Waals surface area contributed by atoms with Crippen LogP contribution in [0.15, 0.2) is 36.7 Å². The van der Waals surface area contributed by atoms with E-state index >= 15 is 0 Å². The van der Waals surface area contributed by atoms with Crippen molar-refractivity contribution in [2.45, 2.75) is 5.92 Å². The number of benzene rings is 1. The van der Waals surface area contributed by atoms with Crippen LogP contribution in [0.25, 0.3) is 0 Å². The molecule has 0 bridgehead atoms. The third kappa shape index (κ3) is 1.98. The highest BCUT2D eigenvalue weighted by molar-refractivity contribution is 5.58. The summed E-state index contributed by atoms with van der Waals surface area (Å²) in [7, 11) is 1.93. The number of aryl methyl sites for hydroxylation is 1. The Balaban J connectivity index is 1.68. The third-order valence-corrected chi connectivity index (χ3v) is 3.20. The fourth-order valence-corrected chi connectivity index (χ4v) is 2.29. The van der Waals surface area contributed by atoms with Crippen molar-refractivity contribution in [3.63, 3.8) is 0 Å². The van der Waals surface area contributed by atoms with Crippen molar-refractivity contribution in [1.29, 1.82) is 0 Å². The maximum atomic E-state index is 4.14. The largest absolute Gasteiger partial charge is 0.384 e. The minimum Gasteiger partial charge on any atom is -0.384 e. The van der Waals surface area contributed by atoms with Gasteiger partial charge in [-0.25, -0.2) is 0 Å². The van der Waals surface area contributed by atoms with Gasteiger partial charge in [-0.15, -0.1) is 0 Å². The molecule has 1 unspecified atom stereocenters. The van der Waals surface area contributed by atoms with Crippen LogP contribution in [-0.4, -0.2) is 22.9 Å². The van der Waals surface area contributed by atoms with Crippen LogP contribution in [0.4, 0.5) is 11.4 Å². The number of nitrogens with zero attached hydrogens (tertiary/aromatic N) is 2. The molecule has 3 rings (SSSR count). The van der Waals surface area contributed by atoms with Crippen molar-refractivity contribution in [3.8, 4) is 0 Å². The van der Waals surface area contributed by atoms with E-state index in [1.807, 2.05) is 24.1 Å². The van der Waals surface area contributed by atoms with Gasteiger partial charge >= 0.3 is 0 Å². The van der Waals surface area contributed by atoms with E-state index in [9.17, 15) is 0 Å². The number of rotatable bonds is 3. The lowest BCUT2D eigenvalue weighted by Crippen LogP contribution is -2.14. The molecule has 1 aromatic carbocycles. The van der Waals surface area contributed by atoms with E-state index in [1.165, 1.54) is 11.3 Å². The topological polar surface area (TPSA) is 41.9 Å². The second kappa shape index (κ2) is 4.13. The molecule has 0 spiro atoms. The highest BCUT2D eigenvalue weighted by Crippen LogP contribution is 2.30. The number of aromatic nitrogens is 2. The van der Waals surface area contributed by atoms with Gasteiger partial charge in [-0.05, 0) is 11.6 Å². The number of para-hydroxylation sites is 1. The summed E-state index contributed by atoms with van der Waals surface area (Å²) in [6, 6.07) is 8.51. The van der Waals surface area contributed by atoms with Gasteiger partial charge in [-0.3, -0.25) is 4.68 Å². The molecule has 0 aliphatic carbocycles. The van der Waals surface area contributed by atoms with Crippen LogP contribution in [0.3, 0.4) is 0 Å². The van der Waals surface area contributed by atoms with Crippen LogP contribution in [0, 0.1) is 0 Å².